The van der Waals surface area contributed by atoms with Crippen LogP contribution in [0, 0.1) is 12.3 Å². The molecular formula is C13H11NO. The van der Waals surface area contributed by atoms with Crippen molar-refractivity contribution in [1.82, 2.24) is 4.98 Å². The zero-order chi connectivity index (χ0) is 10.5. The molecule has 0 unspecified atom stereocenters. The first-order valence-electron chi connectivity index (χ1n) is 4.84. The first-order valence-corrected chi connectivity index (χ1v) is 4.84. The Bertz CT molecular complexity index is 465. The van der Waals surface area contributed by atoms with Crippen LogP contribution in [0.4, 0.5) is 0 Å². The van der Waals surface area contributed by atoms with Crippen LogP contribution in [0.2, 0.25) is 0 Å². The van der Waals surface area contributed by atoms with Gasteiger partial charge in [-0.2, -0.15) is 0 Å². The normalized spacial score (nSPS) is 9.80. The Balaban J connectivity index is 2.18. The quantitative estimate of drug-likeness (QED) is 0.707. The van der Waals surface area contributed by atoms with E-state index in [9.17, 15) is 0 Å². The molecule has 0 saturated heterocycles. The van der Waals surface area contributed by atoms with Crippen LogP contribution in [-0.4, -0.2) is 4.98 Å². The van der Waals surface area contributed by atoms with Gasteiger partial charge in [0.2, 0.25) is 0 Å². The number of rotatable bonds is 3. The molecule has 0 bridgehead atoms. The summed E-state index contributed by atoms with van der Waals surface area (Å²) in [5.74, 6) is 4.06. The van der Waals surface area contributed by atoms with Crippen LogP contribution >= 0.6 is 0 Å². The number of aryl methyl sites for hydroxylation is 1. The van der Waals surface area contributed by atoms with Gasteiger partial charge in [0, 0.05) is 18.4 Å². The molecule has 2 nitrogen and oxygen atoms in total. The van der Waals surface area contributed by atoms with E-state index in [0.717, 1.165) is 11.3 Å². The third-order valence-corrected chi connectivity index (χ3v) is 2.10. The van der Waals surface area contributed by atoms with Gasteiger partial charge in [0.25, 0.3) is 0 Å². The number of terminal acetylenes is 1. The molecule has 0 aliphatic carbocycles. The molecule has 1 heterocycles. The highest BCUT2D eigenvalue weighted by Crippen LogP contribution is 2.19. The van der Waals surface area contributed by atoms with Gasteiger partial charge in [0.15, 0.2) is 11.7 Å². The molecule has 0 radical (unpaired) electrons. The van der Waals surface area contributed by atoms with Gasteiger partial charge in [0.1, 0.15) is 0 Å². The summed E-state index contributed by atoms with van der Waals surface area (Å²) in [5.41, 5.74) is 1.04. The van der Waals surface area contributed by atoms with Crippen molar-refractivity contribution in [2.24, 2.45) is 0 Å². The Kier molecular flexibility index (Phi) is 2.85. The summed E-state index contributed by atoms with van der Waals surface area (Å²) >= 11 is 0. The van der Waals surface area contributed by atoms with Crippen molar-refractivity contribution in [3.05, 3.63) is 42.4 Å². The lowest BCUT2D eigenvalue weighted by Gasteiger charge is -1.93. The number of hydrogen-bond acceptors (Lipinski definition) is 2. The maximum atomic E-state index is 5.57. The summed E-state index contributed by atoms with van der Waals surface area (Å²) in [6.07, 6.45) is 8.27. The van der Waals surface area contributed by atoms with Crippen LogP contribution < -0.4 is 0 Å². The zero-order valence-electron chi connectivity index (χ0n) is 8.31. The van der Waals surface area contributed by atoms with Crippen LogP contribution in [-0.2, 0) is 6.42 Å². The van der Waals surface area contributed by atoms with Crippen LogP contribution in [0.25, 0.3) is 11.3 Å². The van der Waals surface area contributed by atoms with Gasteiger partial charge in [-0.15, -0.1) is 12.3 Å². The molecule has 0 aliphatic heterocycles. The maximum Gasteiger partial charge on any atom is 0.195 e. The lowest BCUT2D eigenvalue weighted by molar-refractivity contribution is 0.508. The van der Waals surface area contributed by atoms with Gasteiger partial charge >= 0.3 is 0 Å². The largest absolute Gasteiger partial charge is 0.441 e. The highest BCUT2D eigenvalue weighted by Gasteiger charge is 2.04. The van der Waals surface area contributed by atoms with E-state index in [0.29, 0.717) is 18.7 Å². The lowest BCUT2D eigenvalue weighted by Crippen LogP contribution is -1.80. The van der Waals surface area contributed by atoms with Crippen molar-refractivity contribution >= 4 is 0 Å². The molecule has 0 atom stereocenters. The van der Waals surface area contributed by atoms with Crippen LogP contribution in [0.5, 0.6) is 0 Å². The lowest BCUT2D eigenvalue weighted by atomic mass is 10.2. The molecule has 2 rings (SSSR count). The molecule has 0 N–H and O–H groups in total. The van der Waals surface area contributed by atoms with E-state index >= 15 is 0 Å². The zero-order valence-corrected chi connectivity index (χ0v) is 8.31. The van der Waals surface area contributed by atoms with Crippen molar-refractivity contribution < 1.29 is 4.42 Å². The summed E-state index contributed by atoms with van der Waals surface area (Å²) in [6, 6.07) is 9.90. The average Bonchev–Trinajstić information content (AvgIpc) is 2.76. The van der Waals surface area contributed by atoms with Crippen molar-refractivity contribution in [3.8, 4) is 23.7 Å². The summed E-state index contributed by atoms with van der Waals surface area (Å²) in [4.78, 5) is 4.17. The maximum absolute atomic E-state index is 5.57. The first kappa shape index (κ1) is 9.54. The fourth-order valence-electron chi connectivity index (χ4n) is 1.34. The van der Waals surface area contributed by atoms with Crippen molar-refractivity contribution in [2.75, 3.05) is 0 Å². The number of nitrogens with zero attached hydrogens (tertiary/aromatic N) is 1. The Morgan fingerprint density at radius 1 is 1.27 bits per heavy atom. The van der Waals surface area contributed by atoms with Gasteiger partial charge in [-0.3, -0.25) is 0 Å². The minimum Gasteiger partial charge on any atom is -0.441 e. The van der Waals surface area contributed by atoms with Crippen molar-refractivity contribution in [2.45, 2.75) is 12.8 Å². The fraction of sp³-hybridized carbons (Fsp3) is 0.154. The number of hydrogen-bond donors (Lipinski definition) is 0. The van der Waals surface area contributed by atoms with Gasteiger partial charge in [-0.1, -0.05) is 30.3 Å². The molecule has 74 valence electrons. The Morgan fingerprint density at radius 2 is 2.07 bits per heavy atom. The molecule has 15 heavy (non-hydrogen) atoms. The average molecular weight is 197 g/mol. The third-order valence-electron chi connectivity index (χ3n) is 2.10. The molecular weight excluding hydrogens is 186 g/mol. The summed E-state index contributed by atoms with van der Waals surface area (Å²) in [5, 5.41) is 0. The third kappa shape index (κ3) is 2.26. The highest BCUT2D eigenvalue weighted by molar-refractivity contribution is 5.55. The van der Waals surface area contributed by atoms with Gasteiger partial charge in [0.05, 0.1) is 6.20 Å². The fourth-order valence-corrected chi connectivity index (χ4v) is 1.34. The van der Waals surface area contributed by atoms with E-state index < -0.39 is 0 Å². The number of benzene rings is 1. The molecule has 0 saturated carbocycles. The second-order valence-corrected chi connectivity index (χ2v) is 3.19. The molecule has 0 amide bonds. The van der Waals surface area contributed by atoms with Gasteiger partial charge < -0.3 is 4.42 Å². The second kappa shape index (κ2) is 4.47. The second-order valence-electron chi connectivity index (χ2n) is 3.19. The highest BCUT2D eigenvalue weighted by atomic mass is 16.4. The monoisotopic (exact) mass is 197 g/mol. The number of oxazole rings is 1. The molecule has 1 aromatic heterocycles. The summed E-state index contributed by atoms with van der Waals surface area (Å²) < 4.78 is 5.57. The SMILES string of the molecule is C#CCCc1ncc(-c2ccccc2)o1. The first-order chi connectivity index (χ1) is 7.40. The topological polar surface area (TPSA) is 26.0 Å². The standard InChI is InChI=1S/C13H11NO/c1-2-3-9-13-14-10-12(15-13)11-7-5-4-6-8-11/h1,4-8,10H,3,9H2. The predicted molar refractivity (Wildman–Crippen MR) is 59.1 cm³/mol. The van der Waals surface area contributed by atoms with E-state index in [2.05, 4.69) is 10.9 Å². The molecule has 1 aromatic carbocycles. The van der Waals surface area contributed by atoms with E-state index in [1.165, 1.54) is 0 Å². The van der Waals surface area contributed by atoms with Crippen LogP contribution in [0.15, 0.2) is 40.9 Å². The summed E-state index contributed by atoms with van der Waals surface area (Å²) in [6.45, 7) is 0. The van der Waals surface area contributed by atoms with Gasteiger partial charge in [-0.25, -0.2) is 4.98 Å². The minimum absolute atomic E-state index is 0.661. The van der Waals surface area contributed by atoms with Crippen molar-refractivity contribution in [1.29, 1.82) is 0 Å². The van der Waals surface area contributed by atoms with E-state index in [-0.39, 0.29) is 0 Å². The summed E-state index contributed by atoms with van der Waals surface area (Å²) in [7, 11) is 0. The Labute approximate surface area is 89.0 Å². The molecule has 0 spiro atoms. The van der Waals surface area contributed by atoms with Crippen molar-refractivity contribution in [3.63, 3.8) is 0 Å². The minimum atomic E-state index is 0.661. The molecule has 0 fully saturated rings. The van der Waals surface area contributed by atoms with Crippen LogP contribution in [0.1, 0.15) is 12.3 Å². The van der Waals surface area contributed by atoms with Gasteiger partial charge in [-0.05, 0) is 0 Å². The van der Waals surface area contributed by atoms with Crippen LogP contribution in [0.3, 0.4) is 0 Å². The molecule has 2 heteroatoms. The molecule has 0 aliphatic rings. The Hall–Kier alpha value is -2.01. The van der Waals surface area contributed by atoms with E-state index in [4.69, 9.17) is 10.8 Å². The van der Waals surface area contributed by atoms with E-state index in [1.807, 2.05) is 30.3 Å². The Morgan fingerprint density at radius 3 is 2.80 bits per heavy atom. The smallest absolute Gasteiger partial charge is 0.195 e. The number of aromatic nitrogens is 1. The molecule has 2 aromatic rings. The predicted octanol–water partition coefficient (Wildman–Crippen LogP) is 2.91. The van der Waals surface area contributed by atoms with E-state index in [1.54, 1.807) is 6.20 Å².